The van der Waals surface area contributed by atoms with Gasteiger partial charge < -0.3 is 4.89 Å². The van der Waals surface area contributed by atoms with E-state index in [0.717, 1.165) is 51.4 Å². The van der Waals surface area contributed by atoms with Gasteiger partial charge in [-0.15, -0.1) is 0 Å². The Morgan fingerprint density at radius 1 is 0.629 bits per heavy atom. The van der Waals surface area contributed by atoms with Gasteiger partial charge in [-0.3, -0.25) is 9.05 Å². The van der Waals surface area contributed by atoms with Crippen LogP contribution in [-0.2, 0) is 13.6 Å². The van der Waals surface area contributed by atoms with E-state index in [1.807, 2.05) is 0 Å². The number of hydrogen-bond donors (Lipinski definition) is 1. The molecule has 6 heteroatoms. The first-order chi connectivity index (χ1) is 16.7. The Labute approximate surface area is 222 Å². The first-order valence-corrected chi connectivity index (χ1v) is 19.9. The Bertz CT molecular complexity index is 442. The van der Waals surface area contributed by atoms with Crippen LogP contribution in [0.3, 0.4) is 0 Å². The first-order valence-electron chi connectivity index (χ1n) is 15.3. The van der Waals surface area contributed by atoms with E-state index in [4.69, 9.17) is 9.05 Å². The molecule has 35 heavy (non-hydrogen) atoms. The molecule has 0 aliphatic rings. The van der Waals surface area contributed by atoms with E-state index in [2.05, 4.69) is 55.1 Å². The summed E-state index contributed by atoms with van der Waals surface area (Å²) in [4.78, 5) is 9.77. The molecule has 0 aliphatic heterocycles. The van der Waals surface area contributed by atoms with Gasteiger partial charge in [0.25, 0.3) is 0 Å². The molecule has 1 N–H and O–H groups in total. The number of rotatable bonds is 23. The zero-order valence-corrected chi connectivity index (χ0v) is 27.1. The molecule has 216 valence electrons. The predicted molar refractivity (Wildman–Crippen MR) is 162 cm³/mol. The zero-order valence-electron chi connectivity index (χ0n) is 25.2. The van der Waals surface area contributed by atoms with Crippen LogP contribution in [0, 0.1) is 11.8 Å². The van der Waals surface area contributed by atoms with Crippen molar-refractivity contribution in [3.63, 3.8) is 0 Å². The van der Waals surface area contributed by atoms with Gasteiger partial charge in [0.2, 0.25) is 0 Å². The van der Waals surface area contributed by atoms with Crippen LogP contribution in [0.25, 0.3) is 0 Å². The van der Waals surface area contributed by atoms with Crippen molar-refractivity contribution in [3.05, 3.63) is 0 Å². The van der Waals surface area contributed by atoms with Crippen LogP contribution < -0.4 is 0 Å². The number of phosphoric acid groups is 1. The average molecular weight is 541 g/mol. The molecular formula is C29H66O4P2. The Morgan fingerprint density at radius 3 is 1.20 bits per heavy atom. The normalized spacial score (nSPS) is 15.7. The molecule has 0 heterocycles. The molecule has 0 amide bonds. The molecule has 0 saturated heterocycles. The van der Waals surface area contributed by atoms with Gasteiger partial charge in [-0.25, -0.2) is 4.57 Å². The summed E-state index contributed by atoms with van der Waals surface area (Å²) >= 11 is 0. The standard InChI is InChI=1S/C16H35O4P.C13H31P/c1-5-9-11-15(7-3)13-19-21(17,18)20-14-16(8-4)12-10-6-2;1-5-8-11-14(4,12-9-6-2)13-10-7-3/h15-16H,5-14H2,1-4H3,(H,17,18);14H,5-13H2,1-4H3. The molecule has 0 fully saturated rings. The molecule has 2 unspecified atom stereocenters. The fraction of sp³-hybridized carbons (Fsp3) is 1.00. The van der Waals surface area contributed by atoms with Gasteiger partial charge in [0.05, 0.1) is 13.2 Å². The Balaban J connectivity index is 0. The van der Waals surface area contributed by atoms with Gasteiger partial charge in [0.1, 0.15) is 0 Å². The molecule has 0 bridgehead atoms. The number of unbranched alkanes of at least 4 members (excludes halogenated alkanes) is 5. The Morgan fingerprint density at radius 2 is 0.943 bits per heavy atom. The van der Waals surface area contributed by atoms with Crippen molar-refractivity contribution >= 4 is 15.1 Å². The van der Waals surface area contributed by atoms with E-state index in [0.29, 0.717) is 25.0 Å². The van der Waals surface area contributed by atoms with Gasteiger partial charge in [-0.1, -0.05) is 66.2 Å². The molecule has 0 radical (unpaired) electrons. The van der Waals surface area contributed by atoms with E-state index >= 15 is 0 Å². The molecule has 0 aromatic heterocycles. The van der Waals surface area contributed by atoms with Gasteiger partial charge >= 0.3 is 99.5 Å². The number of hydrogen-bond acceptors (Lipinski definition) is 3. The monoisotopic (exact) mass is 540 g/mol. The van der Waals surface area contributed by atoms with Crippen molar-refractivity contribution in [3.8, 4) is 0 Å². The molecule has 0 spiro atoms. The van der Waals surface area contributed by atoms with Crippen molar-refractivity contribution < 1.29 is 18.5 Å². The molecule has 4 nitrogen and oxygen atoms in total. The second-order valence-electron chi connectivity index (χ2n) is 11.0. The topological polar surface area (TPSA) is 55.8 Å². The zero-order chi connectivity index (χ0) is 27.0. The van der Waals surface area contributed by atoms with E-state index in [1.165, 1.54) is 38.5 Å². The summed E-state index contributed by atoms with van der Waals surface area (Å²) in [5, 5.41) is 0. The maximum absolute atomic E-state index is 11.9. The fourth-order valence-corrected chi connectivity index (χ4v) is 9.66. The van der Waals surface area contributed by atoms with Crippen LogP contribution in [0.2, 0.25) is 0 Å². The van der Waals surface area contributed by atoms with Crippen LogP contribution in [0.1, 0.15) is 138 Å². The summed E-state index contributed by atoms with van der Waals surface area (Å²) in [6.45, 7) is 18.7. The SMILES string of the molecule is CCCCC(CC)COP(=O)(O)OCC(CC)CCCC.CCCC[PH](C)(CCCC)CCCC. The van der Waals surface area contributed by atoms with E-state index in [1.54, 1.807) is 18.5 Å². The molecule has 0 aliphatic carbocycles. The Kier molecular flexibility index (Phi) is 26.8. The van der Waals surface area contributed by atoms with Crippen molar-refractivity contribution in [1.29, 1.82) is 0 Å². The minimum atomic E-state index is -3.89. The third-order valence-corrected chi connectivity index (χ3v) is 13.1. The molecule has 0 aromatic carbocycles. The summed E-state index contributed by atoms with van der Waals surface area (Å²) in [7, 11) is -4.70. The quantitative estimate of drug-likeness (QED) is 0.131. The van der Waals surface area contributed by atoms with Gasteiger partial charge in [0.15, 0.2) is 0 Å². The van der Waals surface area contributed by atoms with Crippen molar-refractivity contribution in [2.45, 2.75) is 138 Å². The van der Waals surface area contributed by atoms with Crippen LogP contribution in [-0.4, -0.2) is 43.3 Å². The van der Waals surface area contributed by atoms with Crippen molar-refractivity contribution in [1.82, 2.24) is 0 Å². The van der Waals surface area contributed by atoms with Crippen LogP contribution in [0.4, 0.5) is 0 Å². The van der Waals surface area contributed by atoms with Gasteiger partial charge in [0, 0.05) is 0 Å². The van der Waals surface area contributed by atoms with E-state index in [-0.39, 0.29) is 0 Å². The van der Waals surface area contributed by atoms with E-state index in [9.17, 15) is 9.46 Å². The minimum absolute atomic E-state index is 0.316. The molecule has 2 atom stereocenters. The second kappa shape index (κ2) is 24.9. The molecule has 0 rings (SSSR count). The fourth-order valence-electron chi connectivity index (χ4n) is 4.42. The summed E-state index contributed by atoms with van der Waals surface area (Å²) in [6, 6.07) is 0. The second-order valence-corrected chi connectivity index (χ2v) is 17.6. The molecule has 0 saturated carbocycles. The van der Waals surface area contributed by atoms with Crippen LogP contribution in [0.5, 0.6) is 0 Å². The summed E-state index contributed by atoms with van der Waals surface area (Å²) in [5.74, 6) is 0.687. The third kappa shape index (κ3) is 23.4. The molecular weight excluding hydrogens is 474 g/mol. The predicted octanol–water partition coefficient (Wildman–Crippen LogP) is 10.3. The van der Waals surface area contributed by atoms with Gasteiger partial charge in [-0.2, -0.15) is 0 Å². The third-order valence-electron chi connectivity index (χ3n) is 7.43. The van der Waals surface area contributed by atoms with Crippen molar-refractivity contribution in [2.75, 3.05) is 38.4 Å². The van der Waals surface area contributed by atoms with Crippen LogP contribution in [0.15, 0.2) is 0 Å². The van der Waals surface area contributed by atoms with E-state index < -0.39 is 15.1 Å². The maximum atomic E-state index is 11.9. The Hall–Kier alpha value is 0.540. The van der Waals surface area contributed by atoms with Crippen molar-refractivity contribution in [2.24, 2.45) is 11.8 Å². The summed E-state index contributed by atoms with van der Waals surface area (Å²) in [5.41, 5.74) is 0. The summed E-state index contributed by atoms with van der Waals surface area (Å²) in [6.07, 6.45) is 21.9. The van der Waals surface area contributed by atoms with Crippen LogP contribution >= 0.6 is 15.1 Å². The summed E-state index contributed by atoms with van der Waals surface area (Å²) < 4.78 is 22.2. The number of phosphoric ester groups is 1. The average Bonchev–Trinajstić information content (AvgIpc) is 2.86. The first kappa shape index (κ1) is 37.7. The van der Waals surface area contributed by atoms with Gasteiger partial charge in [-0.05, 0) is 24.7 Å². The molecule has 0 aromatic rings.